The van der Waals surface area contributed by atoms with Crippen molar-refractivity contribution >= 4 is 24.0 Å². The van der Waals surface area contributed by atoms with Gasteiger partial charge in [0.15, 0.2) is 0 Å². The average Bonchev–Trinajstić information content (AvgIpc) is 3.25. The van der Waals surface area contributed by atoms with E-state index in [1.54, 1.807) is 19.9 Å². The first-order chi connectivity index (χ1) is 14.5. The number of nitrogens with one attached hydrogen (secondary N) is 4. The minimum atomic E-state index is -0.613. The molecule has 0 saturated heterocycles. The third-order valence-electron chi connectivity index (χ3n) is 5.17. The summed E-state index contributed by atoms with van der Waals surface area (Å²) in [5.74, 6) is -0.0418. The molecule has 2 aromatic heterocycles. The third kappa shape index (κ3) is 4.33. The van der Waals surface area contributed by atoms with E-state index in [1.165, 1.54) is 0 Å². The summed E-state index contributed by atoms with van der Waals surface area (Å²) in [7, 11) is 0. The molecule has 0 amide bonds. The molecule has 7 nitrogen and oxygen atoms in total. The Morgan fingerprint density at radius 3 is 1.94 bits per heavy atom. The van der Waals surface area contributed by atoms with Gasteiger partial charge in [0.05, 0.1) is 17.0 Å². The predicted molar refractivity (Wildman–Crippen MR) is 123 cm³/mol. The fraction of sp³-hybridized carbons (Fsp3) is 0.182. The molecule has 0 aliphatic carbocycles. The van der Waals surface area contributed by atoms with Crippen molar-refractivity contribution in [1.82, 2.24) is 20.4 Å². The van der Waals surface area contributed by atoms with Crippen molar-refractivity contribution in [2.75, 3.05) is 0 Å². The molecule has 4 aromatic rings. The largest absolute Gasteiger partial charge is 0.489 e. The smallest absolute Gasteiger partial charge is 0.268 e. The molecular weight excluding hydrogens is 439 g/mol. The van der Waals surface area contributed by atoms with Crippen LogP contribution in [0.1, 0.15) is 39.6 Å². The number of hydrogen-bond acceptors (Lipinski definition) is 3. The highest BCUT2D eigenvalue weighted by Gasteiger charge is 2.30. The van der Waals surface area contributed by atoms with Crippen LogP contribution in [0.3, 0.4) is 0 Å². The summed E-state index contributed by atoms with van der Waals surface area (Å²) < 4.78 is 6.11. The van der Waals surface area contributed by atoms with Gasteiger partial charge in [-0.2, -0.15) is 0 Å². The van der Waals surface area contributed by atoms with Crippen LogP contribution in [0.4, 0.5) is 0 Å². The molecule has 4 N–H and O–H groups in total. The minimum absolute atomic E-state index is 0. The first kappa shape index (κ1) is 22.5. The van der Waals surface area contributed by atoms with Crippen molar-refractivity contribution in [2.45, 2.75) is 26.4 Å². The molecule has 4 rings (SSSR count). The van der Waals surface area contributed by atoms with Gasteiger partial charge in [0.25, 0.3) is 11.1 Å². The van der Waals surface area contributed by atoms with Gasteiger partial charge in [-0.1, -0.05) is 48.0 Å². The van der Waals surface area contributed by atoms with E-state index < -0.39 is 5.92 Å². The second kappa shape index (κ2) is 9.32. The molecule has 0 saturated carbocycles. The van der Waals surface area contributed by atoms with Gasteiger partial charge in [-0.3, -0.25) is 19.8 Å². The van der Waals surface area contributed by atoms with Crippen LogP contribution in [0.25, 0.3) is 0 Å². The maximum atomic E-state index is 12.6. The van der Waals surface area contributed by atoms with E-state index in [0.717, 1.165) is 5.56 Å². The quantitative estimate of drug-likeness (QED) is 0.346. The van der Waals surface area contributed by atoms with Crippen molar-refractivity contribution in [3.8, 4) is 5.75 Å². The summed E-state index contributed by atoms with van der Waals surface area (Å²) in [4.78, 5) is 25.3. The lowest BCUT2D eigenvalue weighted by Gasteiger charge is -2.20. The number of para-hydroxylation sites is 1. The van der Waals surface area contributed by atoms with Crippen LogP contribution >= 0.6 is 24.0 Å². The topological polar surface area (TPSA) is 107 Å². The van der Waals surface area contributed by atoms with Crippen LogP contribution in [0.2, 0.25) is 5.02 Å². The summed E-state index contributed by atoms with van der Waals surface area (Å²) in [5, 5.41) is 11.5. The summed E-state index contributed by atoms with van der Waals surface area (Å²) in [6, 6.07) is 14.9. The second-order valence-electron chi connectivity index (χ2n) is 7.09. The van der Waals surface area contributed by atoms with Crippen LogP contribution in [-0.4, -0.2) is 20.4 Å². The zero-order valence-corrected chi connectivity index (χ0v) is 18.5. The van der Waals surface area contributed by atoms with Crippen molar-refractivity contribution < 1.29 is 4.74 Å². The molecule has 9 heteroatoms. The van der Waals surface area contributed by atoms with E-state index in [9.17, 15) is 9.59 Å². The Morgan fingerprint density at radius 2 is 1.39 bits per heavy atom. The van der Waals surface area contributed by atoms with Crippen molar-refractivity contribution in [2.24, 2.45) is 0 Å². The summed E-state index contributed by atoms with van der Waals surface area (Å²) >= 11 is 6.26. The van der Waals surface area contributed by atoms with E-state index >= 15 is 0 Å². The number of aryl methyl sites for hydroxylation is 2. The molecular formula is C22H22Cl2N4O3. The number of ether oxygens (including phenoxy) is 1. The predicted octanol–water partition coefficient (Wildman–Crippen LogP) is 4.17. The van der Waals surface area contributed by atoms with E-state index in [0.29, 0.717) is 38.9 Å². The number of benzene rings is 2. The van der Waals surface area contributed by atoms with Crippen LogP contribution in [-0.2, 0) is 6.61 Å². The molecule has 0 radical (unpaired) electrons. The highest BCUT2D eigenvalue weighted by molar-refractivity contribution is 6.31. The maximum Gasteiger partial charge on any atom is 0.268 e. The minimum Gasteiger partial charge on any atom is -0.489 e. The van der Waals surface area contributed by atoms with Gasteiger partial charge in [0, 0.05) is 27.5 Å². The molecule has 2 heterocycles. The molecule has 162 valence electrons. The number of H-pyrrole nitrogens is 4. The fourth-order valence-electron chi connectivity index (χ4n) is 3.68. The van der Waals surface area contributed by atoms with Gasteiger partial charge >= 0.3 is 0 Å². The number of aromatic amines is 4. The normalized spacial score (nSPS) is 10.8. The first-order valence-corrected chi connectivity index (χ1v) is 9.84. The van der Waals surface area contributed by atoms with Crippen molar-refractivity contribution in [3.05, 3.63) is 108 Å². The Balaban J connectivity index is 0.00000272. The number of hydrogen-bond donors (Lipinski definition) is 4. The number of rotatable bonds is 6. The van der Waals surface area contributed by atoms with Crippen LogP contribution in [0.5, 0.6) is 5.75 Å². The molecule has 0 spiro atoms. The summed E-state index contributed by atoms with van der Waals surface area (Å²) in [6.45, 7) is 3.85. The van der Waals surface area contributed by atoms with Crippen LogP contribution in [0.15, 0.2) is 58.1 Å². The Kier molecular flexibility index (Phi) is 6.77. The Labute approximate surface area is 189 Å². The van der Waals surface area contributed by atoms with E-state index in [-0.39, 0.29) is 30.1 Å². The molecule has 31 heavy (non-hydrogen) atoms. The highest BCUT2D eigenvalue weighted by Crippen LogP contribution is 2.36. The Morgan fingerprint density at radius 1 is 0.839 bits per heavy atom. The molecule has 0 atom stereocenters. The Bertz CT molecular complexity index is 1250. The summed E-state index contributed by atoms with van der Waals surface area (Å²) in [5.41, 5.74) is 3.26. The number of halogens is 2. The van der Waals surface area contributed by atoms with E-state index in [2.05, 4.69) is 20.4 Å². The molecule has 2 aromatic carbocycles. The van der Waals surface area contributed by atoms with Gasteiger partial charge in [-0.15, -0.1) is 12.4 Å². The summed E-state index contributed by atoms with van der Waals surface area (Å²) in [6.07, 6.45) is 0. The van der Waals surface area contributed by atoms with Crippen LogP contribution < -0.4 is 15.9 Å². The third-order valence-corrected chi connectivity index (χ3v) is 5.54. The van der Waals surface area contributed by atoms with Gasteiger partial charge in [0.1, 0.15) is 12.4 Å². The lowest BCUT2D eigenvalue weighted by molar-refractivity contribution is 0.302. The molecule has 0 bridgehead atoms. The molecule has 0 aliphatic heterocycles. The van der Waals surface area contributed by atoms with Gasteiger partial charge in [-0.25, -0.2) is 0 Å². The average molecular weight is 461 g/mol. The highest BCUT2D eigenvalue weighted by atomic mass is 35.5. The maximum absolute atomic E-state index is 12.6. The van der Waals surface area contributed by atoms with Crippen molar-refractivity contribution in [1.29, 1.82) is 0 Å². The van der Waals surface area contributed by atoms with E-state index in [4.69, 9.17) is 16.3 Å². The van der Waals surface area contributed by atoms with Gasteiger partial charge < -0.3 is 14.9 Å². The zero-order chi connectivity index (χ0) is 21.3. The standard InChI is InChI=1S/C22H21ClN4O3.ClH/c1-12-18(21(28)26-24-12)20(19-13(2)25-27-22(19)29)15-8-4-6-10-17(15)30-11-14-7-3-5-9-16(14)23;/h3-10,20H,11H2,1-2H3,(H2,24,26,28)(H2,25,27,29);1H. The van der Waals surface area contributed by atoms with E-state index in [1.807, 2.05) is 42.5 Å². The SMILES string of the molecule is Cc1[nH][nH]c(=O)c1C(c1ccccc1OCc1ccccc1Cl)c1c(C)[nH][nH]c1=O.Cl. The van der Waals surface area contributed by atoms with Crippen LogP contribution in [0, 0.1) is 13.8 Å². The zero-order valence-electron chi connectivity index (χ0n) is 16.9. The van der Waals surface area contributed by atoms with Gasteiger partial charge in [0.2, 0.25) is 0 Å². The monoisotopic (exact) mass is 460 g/mol. The van der Waals surface area contributed by atoms with Crippen molar-refractivity contribution in [3.63, 3.8) is 0 Å². The number of aromatic nitrogens is 4. The fourth-order valence-corrected chi connectivity index (χ4v) is 3.87. The molecule has 0 aliphatic rings. The lowest BCUT2D eigenvalue weighted by atomic mass is 9.85. The molecule has 0 unspecified atom stereocenters. The second-order valence-corrected chi connectivity index (χ2v) is 7.49. The van der Waals surface area contributed by atoms with Gasteiger partial charge in [-0.05, 0) is 26.0 Å². The lowest BCUT2D eigenvalue weighted by Crippen LogP contribution is -2.21. The first-order valence-electron chi connectivity index (χ1n) is 9.46. The Hall–Kier alpha value is -3.16. The molecule has 0 fully saturated rings.